The Labute approximate surface area is 120 Å². The largest absolute Gasteiger partial charge is 0.308 e. The molecule has 0 aromatic carbocycles. The Morgan fingerprint density at radius 3 is 2.68 bits per heavy atom. The Morgan fingerprint density at radius 2 is 2.11 bits per heavy atom. The minimum atomic E-state index is 0.508. The second kappa shape index (κ2) is 6.07. The van der Waals surface area contributed by atoms with Crippen molar-refractivity contribution in [2.45, 2.75) is 39.7 Å². The highest BCUT2D eigenvalue weighted by atomic mass is 35.5. The Morgan fingerprint density at radius 1 is 1.42 bits per heavy atom. The number of aromatic nitrogens is 1. The summed E-state index contributed by atoms with van der Waals surface area (Å²) in [7, 11) is 0. The van der Waals surface area contributed by atoms with Crippen molar-refractivity contribution in [2.75, 3.05) is 18.5 Å². The third-order valence-corrected chi connectivity index (χ3v) is 4.70. The van der Waals surface area contributed by atoms with Crippen molar-refractivity contribution in [2.24, 2.45) is 11.3 Å². The molecule has 0 unspecified atom stereocenters. The number of nitrogens with zero attached hydrogens (tertiary/aromatic N) is 2. The molecule has 0 spiro atoms. The second-order valence-electron chi connectivity index (χ2n) is 5.71. The van der Waals surface area contributed by atoms with E-state index in [9.17, 15) is 0 Å². The van der Waals surface area contributed by atoms with Gasteiger partial charge >= 0.3 is 0 Å². The number of piperidine rings is 1. The van der Waals surface area contributed by atoms with E-state index in [4.69, 9.17) is 17.4 Å². The molecule has 0 radical (unpaired) electrons. The molecule has 0 saturated carbocycles. The van der Waals surface area contributed by atoms with Gasteiger partial charge in [0, 0.05) is 6.54 Å². The molecule has 5 heteroatoms. The number of rotatable bonds is 4. The van der Waals surface area contributed by atoms with Crippen LogP contribution in [0.4, 0.5) is 5.82 Å². The average Bonchev–Trinajstić information content (AvgIpc) is 2.44. The lowest BCUT2D eigenvalue weighted by Gasteiger charge is -2.38. The minimum absolute atomic E-state index is 0.508. The molecule has 2 heterocycles. The first-order valence-electron chi connectivity index (χ1n) is 6.91. The van der Waals surface area contributed by atoms with Crippen LogP contribution in [0.5, 0.6) is 0 Å². The number of anilines is 1. The van der Waals surface area contributed by atoms with Crippen LogP contribution in [0.25, 0.3) is 0 Å². The number of nitrogens with one attached hydrogen (secondary N) is 1. The van der Waals surface area contributed by atoms with E-state index in [1.807, 2.05) is 6.07 Å². The predicted octanol–water partition coefficient (Wildman–Crippen LogP) is 3.03. The minimum Gasteiger partial charge on any atom is -0.308 e. The lowest BCUT2D eigenvalue weighted by molar-refractivity contribution is 0.109. The summed E-state index contributed by atoms with van der Waals surface area (Å²) >= 11 is 6.20. The van der Waals surface area contributed by atoms with E-state index in [2.05, 4.69) is 29.2 Å². The number of nitrogens with two attached hydrogens (primary N) is 1. The van der Waals surface area contributed by atoms with Gasteiger partial charge in [0.25, 0.3) is 0 Å². The van der Waals surface area contributed by atoms with Gasteiger partial charge in [-0.05, 0) is 43.5 Å². The molecule has 1 fully saturated rings. The molecule has 1 aliphatic heterocycles. The number of likely N-dealkylation sites (tertiary alicyclic amines) is 1. The molecule has 1 aromatic heterocycles. The van der Waals surface area contributed by atoms with Crippen molar-refractivity contribution in [3.63, 3.8) is 0 Å². The monoisotopic (exact) mass is 282 g/mol. The fraction of sp³-hybridized carbons (Fsp3) is 0.643. The number of nitrogen functional groups attached to an aromatic ring is 1. The van der Waals surface area contributed by atoms with Gasteiger partial charge in [0.15, 0.2) is 0 Å². The summed E-state index contributed by atoms with van der Waals surface area (Å²) in [5, 5.41) is 0.711. The quantitative estimate of drug-likeness (QED) is 0.658. The van der Waals surface area contributed by atoms with Crippen LogP contribution in [0.2, 0.25) is 5.02 Å². The van der Waals surface area contributed by atoms with Gasteiger partial charge in [-0.25, -0.2) is 10.8 Å². The van der Waals surface area contributed by atoms with Crippen molar-refractivity contribution >= 4 is 17.4 Å². The zero-order valence-corrected chi connectivity index (χ0v) is 12.5. The fourth-order valence-corrected chi connectivity index (χ4v) is 2.66. The first kappa shape index (κ1) is 14.6. The van der Waals surface area contributed by atoms with Gasteiger partial charge in [-0.15, -0.1) is 0 Å². The molecule has 2 rings (SSSR count). The maximum atomic E-state index is 6.20. The van der Waals surface area contributed by atoms with Crippen molar-refractivity contribution in [1.29, 1.82) is 0 Å². The van der Waals surface area contributed by atoms with E-state index in [1.165, 1.54) is 19.3 Å². The summed E-state index contributed by atoms with van der Waals surface area (Å²) in [4.78, 5) is 6.85. The molecule has 106 valence electrons. The van der Waals surface area contributed by atoms with Crippen LogP contribution in [0.15, 0.2) is 12.1 Å². The molecule has 19 heavy (non-hydrogen) atoms. The van der Waals surface area contributed by atoms with Crippen LogP contribution >= 0.6 is 11.6 Å². The Balaban J connectivity index is 1.99. The molecular formula is C14H23ClN4. The molecule has 0 aliphatic carbocycles. The molecule has 0 amide bonds. The van der Waals surface area contributed by atoms with Crippen LogP contribution in [-0.4, -0.2) is 23.0 Å². The van der Waals surface area contributed by atoms with Crippen molar-refractivity contribution in [3.8, 4) is 0 Å². The lowest BCUT2D eigenvalue weighted by atomic mass is 9.78. The van der Waals surface area contributed by atoms with Crippen molar-refractivity contribution in [3.05, 3.63) is 22.8 Å². The van der Waals surface area contributed by atoms with Crippen molar-refractivity contribution in [1.82, 2.24) is 9.88 Å². The second-order valence-corrected chi connectivity index (χ2v) is 6.12. The van der Waals surface area contributed by atoms with E-state index in [0.717, 1.165) is 25.3 Å². The predicted molar refractivity (Wildman–Crippen MR) is 80.0 cm³/mol. The summed E-state index contributed by atoms with van der Waals surface area (Å²) in [5.41, 5.74) is 3.97. The Kier molecular flexibility index (Phi) is 4.66. The lowest BCUT2D eigenvalue weighted by Crippen LogP contribution is -2.38. The van der Waals surface area contributed by atoms with Gasteiger partial charge in [-0.2, -0.15) is 0 Å². The highest BCUT2D eigenvalue weighted by molar-refractivity contribution is 6.31. The Hall–Kier alpha value is -0.840. The number of halogens is 1. The van der Waals surface area contributed by atoms with E-state index >= 15 is 0 Å². The molecular weight excluding hydrogens is 260 g/mol. The van der Waals surface area contributed by atoms with Crippen LogP contribution in [0.1, 0.15) is 38.8 Å². The standard InChI is InChI=1S/C14H23ClN4/c1-3-14(2)6-8-19(9-7-14)10-12-11(15)4-5-13(17-12)18-16/h4-5H,3,6-10,16H2,1-2H3,(H,17,18). The zero-order chi connectivity index (χ0) is 13.9. The van der Waals surface area contributed by atoms with Gasteiger partial charge < -0.3 is 5.43 Å². The molecule has 1 saturated heterocycles. The van der Waals surface area contributed by atoms with Crippen LogP contribution < -0.4 is 11.3 Å². The SMILES string of the molecule is CCC1(C)CCN(Cc2nc(NN)ccc2Cl)CC1. The number of hydrazine groups is 1. The molecule has 1 aliphatic rings. The smallest absolute Gasteiger partial charge is 0.140 e. The third kappa shape index (κ3) is 3.59. The summed E-state index contributed by atoms with van der Waals surface area (Å²) in [6.07, 6.45) is 3.75. The van der Waals surface area contributed by atoms with Crippen LogP contribution in [-0.2, 0) is 6.54 Å². The molecule has 0 atom stereocenters. The van der Waals surface area contributed by atoms with Crippen LogP contribution in [0.3, 0.4) is 0 Å². The van der Waals surface area contributed by atoms with Crippen molar-refractivity contribution < 1.29 is 0 Å². The third-order valence-electron chi connectivity index (χ3n) is 4.36. The van der Waals surface area contributed by atoms with E-state index < -0.39 is 0 Å². The Bertz CT molecular complexity index is 427. The number of hydrogen-bond acceptors (Lipinski definition) is 4. The number of hydrogen-bond donors (Lipinski definition) is 2. The van der Waals surface area contributed by atoms with Gasteiger partial charge in [-0.3, -0.25) is 4.90 Å². The van der Waals surface area contributed by atoms with Gasteiger partial charge in [0.1, 0.15) is 5.82 Å². The van der Waals surface area contributed by atoms with E-state index in [0.29, 0.717) is 16.3 Å². The highest BCUT2D eigenvalue weighted by Gasteiger charge is 2.28. The summed E-state index contributed by atoms with van der Waals surface area (Å²) in [5.74, 6) is 6.05. The topological polar surface area (TPSA) is 54.2 Å². The van der Waals surface area contributed by atoms with Crippen LogP contribution in [0, 0.1) is 5.41 Å². The molecule has 0 bridgehead atoms. The average molecular weight is 283 g/mol. The van der Waals surface area contributed by atoms with Gasteiger partial charge in [-0.1, -0.05) is 31.9 Å². The summed E-state index contributed by atoms with van der Waals surface area (Å²) in [6, 6.07) is 3.63. The maximum absolute atomic E-state index is 6.20. The zero-order valence-electron chi connectivity index (χ0n) is 11.7. The maximum Gasteiger partial charge on any atom is 0.140 e. The van der Waals surface area contributed by atoms with E-state index in [-0.39, 0.29) is 0 Å². The molecule has 3 N–H and O–H groups in total. The fourth-order valence-electron chi connectivity index (χ4n) is 2.49. The number of pyridine rings is 1. The first-order valence-corrected chi connectivity index (χ1v) is 7.28. The van der Waals surface area contributed by atoms with E-state index in [1.54, 1.807) is 6.07 Å². The first-order chi connectivity index (χ1) is 9.06. The summed E-state index contributed by atoms with van der Waals surface area (Å²) < 4.78 is 0. The molecule has 4 nitrogen and oxygen atoms in total. The highest BCUT2D eigenvalue weighted by Crippen LogP contribution is 2.34. The normalized spacial score (nSPS) is 19.4. The molecule has 1 aromatic rings. The summed E-state index contributed by atoms with van der Waals surface area (Å²) in [6.45, 7) is 7.69. The van der Waals surface area contributed by atoms with Gasteiger partial charge in [0.2, 0.25) is 0 Å². The van der Waals surface area contributed by atoms with Gasteiger partial charge in [0.05, 0.1) is 10.7 Å².